The zero-order valence-electron chi connectivity index (χ0n) is 13.1. The Balaban J connectivity index is 2.04. The van der Waals surface area contributed by atoms with Crippen LogP contribution in [0, 0.1) is 6.92 Å². The van der Waals surface area contributed by atoms with Crippen LogP contribution in [0.5, 0.6) is 0 Å². The van der Waals surface area contributed by atoms with Gasteiger partial charge < -0.3 is 4.74 Å². The third-order valence-electron chi connectivity index (χ3n) is 3.72. The zero-order valence-corrected chi connectivity index (χ0v) is 14.6. The van der Waals surface area contributed by atoms with Gasteiger partial charge in [-0.05, 0) is 19.1 Å². The first-order chi connectivity index (χ1) is 11.6. The number of cyclic esters (lactones) is 1. The first-order valence-electron chi connectivity index (χ1n) is 7.49. The fraction of sp³-hybridized carbons (Fsp3) is 0.222. The molecular formula is C18H16ClNO3S. The minimum absolute atomic E-state index is 0.127. The molecule has 0 bridgehead atoms. The van der Waals surface area contributed by atoms with Crippen molar-refractivity contribution in [1.82, 2.24) is 4.90 Å². The summed E-state index contributed by atoms with van der Waals surface area (Å²) in [5.41, 5.74) is 1.75. The number of nitrogens with zero attached hydrogens (tertiary/aromatic N) is 1. The lowest BCUT2D eigenvalue weighted by Crippen LogP contribution is -2.37. The molecule has 1 unspecified atom stereocenters. The second-order valence-electron chi connectivity index (χ2n) is 5.41. The first kappa shape index (κ1) is 16.9. The SMILES string of the molecule is Cc1ccc(SC2(c3ccccc3)OC(=O)N(CCCl)C2=O)cc1. The third-order valence-corrected chi connectivity index (χ3v) is 5.18. The van der Waals surface area contributed by atoms with Gasteiger partial charge in [-0.2, -0.15) is 0 Å². The van der Waals surface area contributed by atoms with Crippen molar-refractivity contribution < 1.29 is 14.3 Å². The summed E-state index contributed by atoms with van der Waals surface area (Å²) >= 11 is 6.95. The highest BCUT2D eigenvalue weighted by atomic mass is 35.5. The predicted octanol–water partition coefficient (Wildman–Crippen LogP) is 4.16. The Kier molecular flexibility index (Phi) is 4.83. The number of alkyl halides is 1. The lowest BCUT2D eigenvalue weighted by Gasteiger charge is -2.24. The predicted molar refractivity (Wildman–Crippen MR) is 94.1 cm³/mol. The van der Waals surface area contributed by atoms with Crippen LogP contribution in [0.25, 0.3) is 0 Å². The number of hydrogen-bond donors (Lipinski definition) is 0. The lowest BCUT2D eigenvalue weighted by molar-refractivity contribution is -0.131. The summed E-state index contributed by atoms with van der Waals surface area (Å²) in [5.74, 6) is -0.231. The van der Waals surface area contributed by atoms with Crippen molar-refractivity contribution >= 4 is 35.4 Å². The minimum atomic E-state index is -1.42. The molecule has 1 atom stereocenters. The molecule has 2 aromatic rings. The van der Waals surface area contributed by atoms with Gasteiger partial charge >= 0.3 is 6.09 Å². The molecule has 0 N–H and O–H groups in total. The Bertz CT molecular complexity index is 751. The Labute approximate surface area is 149 Å². The van der Waals surface area contributed by atoms with Crippen LogP contribution in [0.4, 0.5) is 4.79 Å². The quantitative estimate of drug-likeness (QED) is 0.750. The number of imide groups is 1. The standard InChI is InChI=1S/C18H16ClNO3S/c1-13-7-9-15(10-8-13)24-18(14-5-3-2-4-6-14)16(21)20(12-11-19)17(22)23-18/h2-10H,11-12H2,1H3. The Morgan fingerprint density at radius 1 is 1.08 bits per heavy atom. The fourth-order valence-electron chi connectivity index (χ4n) is 2.50. The fourth-order valence-corrected chi connectivity index (χ4v) is 3.83. The van der Waals surface area contributed by atoms with Crippen LogP contribution in [-0.2, 0) is 14.5 Å². The molecule has 2 amide bonds. The smallest absolute Gasteiger partial charge is 0.417 e. The number of carbonyl (C=O) groups is 2. The highest BCUT2D eigenvalue weighted by Gasteiger charge is 2.56. The molecule has 1 fully saturated rings. The minimum Gasteiger partial charge on any atom is -0.417 e. The second-order valence-corrected chi connectivity index (χ2v) is 7.04. The van der Waals surface area contributed by atoms with E-state index in [0.717, 1.165) is 15.4 Å². The van der Waals surface area contributed by atoms with E-state index in [1.807, 2.05) is 49.4 Å². The average Bonchev–Trinajstić information content (AvgIpc) is 2.83. The Morgan fingerprint density at radius 2 is 1.75 bits per heavy atom. The lowest BCUT2D eigenvalue weighted by atomic mass is 10.1. The monoisotopic (exact) mass is 361 g/mol. The van der Waals surface area contributed by atoms with Crippen LogP contribution < -0.4 is 0 Å². The highest BCUT2D eigenvalue weighted by Crippen LogP contribution is 2.47. The van der Waals surface area contributed by atoms with Gasteiger partial charge in [-0.1, -0.05) is 59.8 Å². The highest BCUT2D eigenvalue weighted by molar-refractivity contribution is 8.00. The van der Waals surface area contributed by atoms with E-state index in [-0.39, 0.29) is 12.4 Å². The largest absolute Gasteiger partial charge is 0.418 e. The van der Waals surface area contributed by atoms with Crippen LogP contribution in [0.15, 0.2) is 59.5 Å². The summed E-state index contributed by atoms with van der Waals surface area (Å²) in [6.07, 6.45) is -0.663. The molecule has 1 aliphatic heterocycles. The number of rotatable bonds is 5. The second kappa shape index (κ2) is 6.87. The van der Waals surface area contributed by atoms with Gasteiger partial charge in [0.15, 0.2) is 0 Å². The van der Waals surface area contributed by atoms with Gasteiger partial charge in [0.1, 0.15) is 0 Å². The van der Waals surface area contributed by atoms with Gasteiger partial charge in [0.2, 0.25) is 0 Å². The molecule has 4 nitrogen and oxygen atoms in total. The molecule has 6 heteroatoms. The van der Waals surface area contributed by atoms with Crippen LogP contribution in [0.1, 0.15) is 11.1 Å². The molecule has 0 saturated carbocycles. The maximum atomic E-state index is 13.0. The number of amides is 2. The molecule has 0 aromatic heterocycles. The molecule has 24 heavy (non-hydrogen) atoms. The van der Waals surface area contributed by atoms with E-state index in [2.05, 4.69) is 0 Å². The van der Waals surface area contributed by atoms with Crippen LogP contribution in [0.2, 0.25) is 0 Å². The summed E-state index contributed by atoms with van der Waals surface area (Å²) in [7, 11) is 0. The van der Waals surface area contributed by atoms with E-state index in [1.54, 1.807) is 12.1 Å². The van der Waals surface area contributed by atoms with Crippen molar-refractivity contribution in [3.63, 3.8) is 0 Å². The normalized spacial score (nSPS) is 20.3. The molecule has 0 aliphatic carbocycles. The molecule has 3 rings (SSSR count). The number of halogens is 1. The van der Waals surface area contributed by atoms with Gasteiger partial charge in [-0.15, -0.1) is 11.6 Å². The van der Waals surface area contributed by atoms with E-state index in [1.165, 1.54) is 11.8 Å². The van der Waals surface area contributed by atoms with E-state index >= 15 is 0 Å². The van der Waals surface area contributed by atoms with Crippen LogP contribution >= 0.6 is 23.4 Å². The van der Waals surface area contributed by atoms with Crippen molar-refractivity contribution in [2.24, 2.45) is 0 Å². The number of ether oxygens (including phenoxy) is 1. The maximum absolute atomic E-state index is 13.0. The number of benzene rings is 2. The van der Waals surface area contributed by atoms with Gasteiger partial charge in [0.25, 0.3) is 10.8 Å². The van der Waals surface area contributed by atoms with Crippen molar-refractivity contribution in [2.75, 3.05) is 12.4 Å². The molecule has 1 saturated heterocycles. The van der Waals surface area contributed by atoms with Crippen LogP contribution in [0.3, 0.4) is 0 Å². The molecule has 124 valence electrons. The summed E-state index contributed by atoms with van der Waals surface area (Å²) in [5, 5.41) is 0. The number of carbonyl (C=O) groups excluding carboxylic acids is 2. The van der Waals surface area contributed by atoms with Crippen molar-refractivity contribution in [1.29, 1.82) is 0 Å². The maximum Gasteiger partial charge on any atom is 0.418 e. The Hall–Kier alpha value is -1.98. The Morgan fingerprint density at radius 3 is 2.38 bits per heavy atom. The van der Waals surface area contributed by atoms with Gasteiger partial charge in [0, 0.05) is 22.9 Å². The number of hydrogen-bond acceptors (Lipinski definition) is 4. The molecule has 0 spiro atoms. The summed E-state index contributed by atoms with van der Waals surface area (Å²) in [4.78, 5) is 25.7. The molecule has 1 aliphatic rings. The van der Waals surface area contributed by atoms with E-state index < -0.39 is 16.9 Å². The topological polar surface area (TPSA) is 46.6 Å². The van der Waals surface area contributed by atoms with Gasteiger partial charge in [0.05, 0.1) is 0 Å². The third kappa shape index (κ3) is 3.01. The summed E-state index contributed by atoms with van der Waals surface area (Å²) in [6, 6.07) is 16.8. The number of thioether (sulfide) groups is 1. The van der Waals surface area contributed by atoms with Crippen LogP contribution in [-0.4, -0.2) is 29.3 Å². The van der Waals surface area contributed by atoms with Gasteiger partial charge in [-0.3, -0.25) is 4.79 Å². The van der Waals surface area contributed by atoms with Crippen molar-refractivity contribution in [2.45, 2.75) is 16.8 Å². The first-order valence-corrected chi connectivity index (χ1v) is 8.84. The molecule has 1 heterocycles. The van der Waals surface area contributed by atoms with Crippen molar-refractivity contribution in [3.05, 3.63) is 65.7 Å². The zero-order chi connectivity index (χ0) is 17.2. The van der Waals surface area contributed by atoms with E-state index in [9.17, 15) is 9.59 Å². The molecule has 2 aromatic carbocycles. The summed E-state index contributed by atoms with van der Waals surface area (Å²) in [6.45, 7) is 2.12. The van der Waals surface area contributed by atoms with Gasteiger partial charge in [-0.25, -0.2) is 9.69 Å². The average molecular weight is 362 g/mol. The molecule has 0 radical (unpaired) electrons. The summed E-state index contributed by atoms with van der Waals surface area (Å²) < 4.78 is 5.59. The van der Waals surface area contributed by atoms with E-state index in [4.69, 9.17) is 16.3 Å². The van der Waals surface area contributed by atoms with Crippen molar-refractivity contribution in [3.8, 4) is 0 Å². The molecular weight excluding hydrogens is 346 g/mol. The van der Waals surface area contributed by atoms with E-state index in [0.29, 0.717) is 5.56 Å². The number of aryl methyl sites for hydroxylation is 1.